The summed E-state index contributed by atoms with van der Waals surface area (Å²) < 4.78 is 0. The van der Waals surface area contributed by atoms with Crippen molar-refractivity contribution in [2.24, 2.45) is 5.41 Å². The fourth-order valence-electron chi connectivity index (χ4n) is 2.96. The second-order valence-electron chi connectivity index (χ2n) is 8.88. The Bertz CT molecular complexity index is 639. The maximum atomic E-state index is 12.7. The zero-order valence-corrected chi connectivity index (χ0v) is 17.3. The van der Waals surface area contributed by atoms with Crippen LogP contribution in [0.1, 0.15) is 63.4 Å². The van der Waals surface area contributed by atoms with Gasteiger partial charge in [0.05, 0.1) is 5.41 Å². The van der Waals surface area contributed by atoms with Gasteiger partial charge in [0.1, 0.15) is 0 Å². The van der Waals surface area contributed by atoms with Crippen molar-refractivity contribution >= 4 is 23.4 Å². The molecule has 1 saturated heterocycles. The van der Waals surface area contributed by atoms with E-state index < -0.39 is 5.41 Å². The van der Waals surface area contributed by atoms with Crippen LogP contribution in [0.25, 0.3) is 0 Å². The largest absolute Gasteiger partial charge is 0.353 e. The number of hydrogen-bond acceptors (Lipinski definition) is 2. The topological polar surface area (TPSA) is 49.4 Å². The predicted molar refractivity (Wildman–Crippen MR) is 107 cm³/mol. The molecule has 0 radical (unpaired) electrons. The molecule has 0 bridgehead atoms. The van der Waals surface area contributed by atoms with E-state index in [2.05, 4.69) is 26.1 Å². The van der Waals surface area contributed by atoms with Crippen LogP contribution in [0.15, 0.2) is 24.3 Å². The first kappa shape index (κ1) is 20.8. The molecule has 1 fully saturated rings. The van der Waals surface area contributed by atoms with Crippen LogP contribution >= 0.6 is 11.6 Å². The normalized spacial score (nSPS) is 16.5. The van der Waals surface area contributed by atoms with Gasteiger partial charge in [-0.1, -0.05) is 32.9 Å². The second-order valence-corrected chi connectivity index (χ2v) is 9.15. The smallest absolute Gasteiger partial charge is 0.253 e. The molecule has 4 nitrogen and oxygen atoms in total. The molecule has 0 spiro atoms. The van der Waals surface area contributed by atoms with Crippen LogP contribution in [-0.2, 0) is 10.2 Å². The number of alkyl halides is 1. The maximum Gasteiger partial charge on any atom is 0.253 e. The quantitative estimate of drug-likeness (QED) is 0.806. The predicted octanol–water partition coefficient (Wildman–Crippen LogP) is 3.97. The third kappa shape index (κ3) is 5.00. The molecule has 0 atom stereocenters. The molecule has 0 saturated carbocycles. The SMILES string of the molecule is CC(C)(CCl)C(=O)NC1CCN(C(=O)c2ccc(C(C)(C)C)cc2)CC1. The molecule has 1 aromatic rings. The van der Waals surface area contributed by atoms with E-state index in [0.717, 1.165) is 18.4 Å². The number of nitrogens with zero attached hydrogens (tertiary/aromatic N) is 1. The van der Waals surface area contributed by atoms with Crippen LogP contribution in [0.2, 0.25) is 0 Å². The van der Waals surface area contributed by atoms with Gasteiger partial charge in [0.25, 0.3) is 5.91 Å². The summed E-state index contributed by atoms with van der Waals surface area (Å²) >= 11 is 5.86. The lowest BCUT2D eigenvalue weighted by Gasteiger charge is -2.34. The number of amides is 2. The van der Waals surface area contributed by atoms with Gasteiger partial charge in [0.2, 0.25) is 5.91 Å². The summed E-state index contributed by atoms with van der Waals surface area (Å²) in [6, 6.07) is 8.01. The summed E-state index contributed by atoms with van der Waals surface area (Å²) in [5.74, 6) is 0.340. The molecule has 0 aromatic heterocycles. The average molecular weight is 379 g/mol. The van der Waals surface area contributed by atoms with Gasteiger partial charge in [0.15, 0.2) is 0 Å². The Morgan fingerprint density at radius 3 is 2.08 bits per heavy atom. The number of carbonyl (C=O) groups is 2. The molecule has 5 heteroatoms. The van der Waals surface area contributed by atoms with Crippen molar-refractivity contribution in [3.05, 3.63) is 35.4 Å². The Kier molecular flexibility index (Phi) is 6.38. The van der Waals surface area contributed by atoms with Crippen molar-refractivity contribution in [3.63, 3.8) is 0 Å². The molecule has 2 amide bonds. The fraction of sp³-hybridized carbons (Fsp3) is 0.619. The Morgan fingerprint density at radius 1 is 1.08 bits per heavy atom. The Hall–Kier alpha value is -1.55. The van der Waals surface area contributed by atoms with Crippen LogP contribution in [-0.4, -0.2) is 41.7 Å². The molecule has 2 rings (SSSR count). The van der Waals surface area contributed by atoms with E-state index in [9.17, 15) is 9.59 Å². The summed E-state index contributed by atoms with van der Waals surface area (Å²) in [4.78, 5) is 26.8. The van der Waals surface area contributed by atoms with Gasteiger partial charge in [-0.25, -0.2) is 0 Å². The summed E-state index contributed by atoms with van der Waals surface area (Å²) in [5.41, 5.74) is 1.46. The highest BCUT2D eigenvalue weighted by molar-refractivity contribution is 6.19. The molecule has 1 N–H and O–H groups in total. The highest BCUT2D eigenvalue weighted by Crippen LogP contribution is 2.23. The number of carbonyl (C=O) groups excluding carboxylic acids is 2. The number of rotatable bonds is 4. The van der Waals surface area contributed by atoms with Gasteiger partial charge in [0, 0.05) is 30.6 Å². The van der Waals surface area contributed by atoms with Crippen molar-refractivity contribution < 1.29 is 9.59 Å². The lowest BCUT2D eigenvalue weighted by Crippen LogP contribution is -2.49. The first-order chi connectivity index (χ1) is 12.0. The zero-order chi connectivity index (χ0) is 19.5. The van der Waals surface area contributed by atoms with Crippen molar-refractivity contribution in [1.29, 1.82) is 0 Å². The number of hydrogen-bond donors (Lipinski definition) is 1. The van der Waals surface area contributed by atoms with Crippen LogP contribution in [0.3, 0.4) is 0 Å². The van der Waals surface area contributed by atoms with Crippen LogP contribution < -0.4 is 5.32 Å². The molecule has 1 aliphatic rings. The van der Waals surface area contributed by atoms with Gasteiger partial charge in [-0.2, -0.15) is 0 Å². The van der Waals surface area contributed by atoms with Crippen LogP contribution in [0, 0.1) is 5.41 Å². The van der Waals surface area contributed by atoms with Gasteiger partial charge < -0.3 is 10.2 Å². The minimum Gasteiger partial charge on any atom is -0.353 e. The first-order valence-corrected chi connectivity index (χ1v) is 9.85. The van der Waals surface area contributed by atoms with E-state index in [1.54, 1.807) is 0 Å². The minimum absolute atomic E-state index is 0.0185. The third-order valence-electron chi connectivity index (χ3n) is 5.06. The zero-order valence-electron chi connectivity index (χ0n) is 16.6. The van der Waals surface area contributed by atoms with Gasteiger partial charge in [-0.15, -0.1) is 11.6 Å². The van der Waals surface area contributed by atoms with Crippen molar-refractivity contribution in [1.82, 2.24) is 10.2 Å². The van der Waals surface area contributed by atoms with Gasteiger partial charge in [-0.3, -0.25) is 9.59 Å². The third-order valence-corrected chi connectivity index (χ3v) is 5.73. The number of halogens is 1. The van der Waals surface area contributed by atoms with E-state index in [1.165, 1.54) is 5.56 Å². The fourth-order valence-corrected chi connectivity index (χ4v) is 3.09. The van der Waals surface area contributed by atoms with Gasteiger partial charge >= 0.3 is 0 Å². The molecule has 1 aliphatic heterocycles. The number of likely N-dealkylation sites (tertiary alicyclic amines) is 1. The van der Waals surface area contributed by atoms with Crippen molar-refractivity contribution in [2.45, 2.75) is 58.9 Å². The second kappa shape index (κ2) is 7.99. The molecule has 26 heavy (non-hydrogen) atoms. The molecular formula is C21H31ClN2O2. The molecule has 1 heterocycles. The Labute approximate surface area is 162 Å². The molecule has 0 unspecified atom stereocenters. The van der Waals surface area contributed by atoms with Crippen molar-refractivity contribution in [3.8, 4) is 0 Å². The minimum atomic E-state index is -0.566. The van der Waals surface area contributed by atoms with Crippen LogP contribution in [0.4, 0.5) is 0 Å². The van der Waals surface area contributed by atoms with E-state index in [-0.39, 0.29) is 23.3 Å². The summed E-state index contributed by atoms with van der Waals surface area (Å²) in [7, 11) is 0. The van der Waals surface area contributed by atoms with Crippen LogP contribution in [0.5, 0.6) is 0 Å². The van der Waals surface area contributed by atoms with E-state index in [0.29, 0.717) is 19.0 Å². The Balaban J connectivity index is 1.91. The van der Waals surface area contributed by atoms with E-state index in [1.807, 2.05) is 43.0 Å². The first-order valence-electron chi connectivity index (χ1n) is 9.31. The number of benzene rings is 1. The molecular weight excluding hydrogens is 348 g/mol. The van der Waals surface area contributed by atoms with E-state index >= 15 is 0 Å². The summed E-state index contributed by atoms with van der Waals surface area (Å²) in [6.07, 6.45) is 1.55. The highest BCUT2D eigenvalue weighted by atomic mass is 35.5. The molecule has 0 aliphatic carbocycles. The molecule has 144 valence electrons. The monoisotopic (exact) mass is 378 g/mol. The lowest BCUT2D eigenvalue weighted by atomic mass is 9.86. The maximum absolute atomic E-state index is 12.7. The average Bonchev–Trinajstić information content (AvgIpc) is 2.61. The van der Waals surface area contributed by atoms with Crippen molar-refractivity contribution in [2.75, 3.05) is 19.0 Å². The lowest BCUT2D eigenvalue weighted by molar-refractivity contribution is -0.129. The van der Waals surface area contributed by atoms with Gasteiger partial charge in [-0.05, 0) is 49.8 Å². The summed E-state index contributed by atoms with van der Waals surface area (Å²) in [6.45, 7) is 11.5. The number of piperidine rings is 1. The van der Waals surface area contributed by atoms with E-state index in [4.69, 9.17) is 11.6 Å². The highest BCUT2D eigenvalue weighted by Gasteiger charge is 2.30. The summed E-state index contributed by atoms with van der Waals surface area (Å²) in [5, 5.41) is 3.07. The Morgan fingerprint density at radius 2 is 1.62 bits per heavy atom. The molecule has 1 aromatic carbocycles. The number of nitrogens with one attached hydrogen (secondary N) is 1. The standard InChI is InChI=1S/C21H31ClN2O2/c1-20(2,3)16-8-6-15(7-9-16)18(25)24-12-10-17(11-13-24)23-19(26)21(4,5)14-22/h6-9,17H,10-14H2,1-5H3,(H,23,26).